The topological polar surface area (TPSA) is 133 Å². The molecule has 1 N–H and O–H groups in total. The van der Waals surface area contributed by atoms with Crippen molar-refractivity contribution in [1.82, 2.24) is 15.1 Å². The van der Waals surface area contributed by atoms with Gasteiger partial charge in [-0.25, -0.2) is 13.1 Å². The van der Waals surface area contributed by atoms with Crippen molar-refractivity contribution in [2.45, 2.75) is 38.7 Å². The van der Waals surface area contributed by atoms with Crippen LogP contribution in [0.3, 0.4) is 0 Å². The number of ether oxygens (including phenoxy) is 1. The first-order chi connectivity index (χ1) is 11.2. The van der Waals surface area contributed by atoms with Crippen molar-refractivity contribution < 1.29 is 22.9 Å². The zero-order valence-corrected chi connectivity index (χ0v) is 14.3. The van der Waals surface area contributed by atoms with E-state index >= 15 is 0 Å². The van der Waals surface area contributed by atoms with E-state index in [9.17, 15) is 23.3 Å². The molecule has 1 unspecified atom stereocenters. The Kier molecular flexibility index (Phi) is 5.54. The van der Waals surface area contributed by atoms with Crippen LogP contribution in [-0.4, -0.2) is 54.0 Å². The van der Waals surface area contributed by atoms with Crippen LogP contribution in [0.25, 0.3) is 0 Å². The summed E-state index contributed by atoms with van der Waals surface area (Å²) in [5, 5.41) is 17.3. The predicted molar refractivity (Wildman–Crippen MR) is 84.1 cm³/mol. The van der Waals surface area contributed by atoms with Crippen molar-refractivity contribution in [3.05, 3.63) is 21.5 Å². The molecule has 1 saturated heterocycles. The summed E-state index contributed by atoms with van der Waals surface area (Å²) in [6.45, 7) is 3.78. The van der Waals surface area contributed by atoms with Gasteiger partial charge in [0.05, 0.1) is 11.0 Å². The highest BCUT2D eigenvalue weighted by molar-refractivity contribution is 7.91. The lowest BCUT2D eigenvalue weighted by molar-refractivity contribution is -0.386. The quantitative estimate of drug-likeness (QED) is 0.537. The third-order valence-corrected chi connectivity index (χ3v) is 5.09. The molecule has 1 aromatic heterocycles. The second kappa shape index (κ2) is 7.26. The molecular weight excluding hydrogens is 340 g/mol. The average Bonchev–Trinajstić information content (AvgIpc) is 3.04. The Balaban J connectivity index is 1.97. The summed E-state index contributed by atoms with van der Waals surface area (Å²) in [5.74, 6) is -1.91. The molecule has 2 heterocycles. The lowest BCUT2D eigenvalue weighted by Gasteiger charge is -2.11. The third kappa shape index (κ3) is 4.51. The molecule has 0 aliphatic carbocycles. The molecule has 10 nitrogen and oxygen atoms in total. The van der Waals surface area contributed by atoms with Crippen LogP contribution in [-0.2, 0) is 25.2 Å². The molecule has 0 radical (unpaired) electrons. The molecule has 1 aromatic rings. The number of aryl methyl sites for hydroxylation is 1. The number of hydrogen-bond acceptors (Lipinski definition) is 7. The Morgan fingerprint density at radius 2 is 2.21 bits per heavy atom. The SMILES string of the molecule is Cc1nn(CS(=O)(=O)CC(=O)NCC2CCCO2)c(C)c1[N+](=O)[O-]. The maximum Gasteiger partial charge on any atom is 0.312 e. The number of nitro groups is 1. The normalized spacial score (nSPS) is 17.8. The van der Waals surface area contributed by atoms with Gasteiger partial charge in [-0.3, -0.25) is 14.9 Å². The fourth-order valence-corrected chi connectivity index (χ4v) is 3.81. The molecule has 1 amide bonds. The Hall–Kier alpha value is -2.01. The molecule has 2 rings (SSSR count). The second-order valence-electron chi connectivity index (χ2n) is 5.73. The van der Waals surface area contributed by atoms with Crippen LogP contribution < -0.4 is 5.32 Å². The number of sulfone groups is 1. The largest absolute Gasteiger partial charge is 0.376 e. The van der Waals surface area contributed by atoms with Gasteiger partial charge in [-0.1, -0.05) is 0 Å². The summed E-state index contributed by atoms with van der Waals surface area (Å²) in [7, 11) is -3.81. The summed E-state index contributed by atoms with van der Waals surface area (Å²) in [4.78, 5) is 22.1. The first-order valence-corrected chi connectivity index (χ1v) is 9.29. The molecule has 1 fully saturated rings. The number of aromatic nitrogens is 2. The van der Waals surface area contributed by atoms with E-state index in [0.29, 0.717) is 6.61 Å². The van der Waals surface area contributed by atoms with Crippen molar-refractivity contribution >= 4 is 21.4 Å². The highest BCUT2D eigenvalue weighted by atomic mass is 32.2. The van der Waals surface area contributed by atoms with E-state index in [1.54, 1.807) is 0 Å². The van der Waals surface area contributed by atoms with Crippen molar-refractivity contribution in [2.24, 2.45) is 0 Å². The summed E-state index contributed by atoms with van der Waals surface area (Å²) in [5.41, 5.74) is 0.0596. The summed E-state index contributed by atoms with van der Waals surface area (Å²) < 4.78 is 30.6. The van der Waals surface area contributed by atoms with Crippen molar-refractivity contribution in [2.75, 3.05) is 18.9 Å². The number of nitrogens with zero attached hydrogens (tertiary/aromatic N) is 3. The number of hydrogen-bond donors (Lipinski definition) is 1. The monoisotopic (exact) mass is 360 g/mol. The molecule has 11 heteroatoms. The maximum absolute atomic E-state index is 12.1. The highest BCUT2D eigenvalue weighted by Crippen LogP contribution is 2.22. The molecule has 1 aliphatic rings. The minimum atomic E-state index is -3.81. The van der Waals surface area contributed by atoms with E-state index in [0.717, 1.165) is 17.5 Å². The molecule has 0 aromatic carbocycles. The Bertz CT molecular complexity index is 736. The predicted octanol–water partition coefficient (Wildman–Crippen LogP) is 0.0756. The molecule has 0 spiro atoms. The molecule has 1 atom stereocenters. The molecule has 0 saturated carbocycles. The molecule has 1 aliphatic heterocycles. The van der Waals surface area contributed by atoms with Crippen LogP contribution in [0, 0.1) is 24.0 Å². The third-order valence-electron chi connectivity index (χ3n) is 3.75. The van der Waals surface area contributed by atoms with Gasteiger partial charge < -0.3 is 10.1 Å². The van der Waals surface area contributed by atoms with Gasteiger partial charge in [0.1, 0.15) is 23.0 Å². The minimum Gasteiger partial charge on any atom is -0.376 e. The van der Waals surface area contributed by atoms with Crippen LogP contribution in [0.2, 0.25) is 0 Å². The number of nitrogens with one attached hydrogen (secondary N) is 1. The second-order valence-corrected chi connectivity index (χ2v) is 7.77. The van der Waals surface area contributed by atoms with Gasteiger partial charge in [0.25, 0.3) is 0 Å². The van der Waals surface area contributed by atoms with Crippen LogP contribution in [0.1, 0.15) is 24.2 Å². The summed E-state index contributed by atoms with van der Waals surface area (Å²) in [6, 6.07) is 0. The van der Waals surface area contributed by atoms with Crippen LogP contribution in [0.4, 0.5) is 5.69 Å². The van der Waals surface area contributed by atoms with Crippen LogP contribution in [0.5, 0.6) is 0 Å². The zero-order valence-electron chi connectivity index (χ0n) is 13.5. The lowest BCUT2D eigenvalue weighted by Crippen LogP contribution is -2.36. The van der Waals surface area contributed by atoms with Crippen molar-refractivity contribution in [1.29, 1.82) is 0 Å². The molecule has 24 heavy (non-hydrogen) atoms. The molecule has 134 valence electrons. The summed E-state index contributed by atoms with van der Waals surface area (Å²) in [6.07, 6.45) is 1.69. The van der Waals surface area contributed by atoms with Crippen LogP contribution >= 0.6 is 0 Å². The van der Waals surface area contributed by atoms with Gasteiger partial charge in [0, 0.05) is 13.2 Å². The zero-order chi connectivity index (χ0) is 17.9. The van der Waals surface area contributed by atoms with Crippen LogP contribution in [0.15, 0.2) is 0 Å². The lowest BCUT2D eigenvalue weighted by atomic mass is 10.2. The van der Waals surface area contributed by atoms with E-state index < -0.39 is 32.3 Å². The molecule has 0 bridgehead atoms. The van der Waals surface area contributed by atoms with Gasteiger partial charge in [0.2, 0.25) is 5.91 Å². The van der Waals surface area contributed by atoms with E-state index in [4.69, 9.17) is 4.74 Å². The van der Waals surface area contributed by atoms with Gasteiger partial charge >= 0.3 is 5.69 Å². The van der Waals surface area contributed by atoms with Crippen molar-refractivity contribution in [3.8, 4) is 0 Å². The van der Waals surface area contributed by atoms with Gasteiger partial charge in [-0.05, 0) is 26.7 Å². The standard InChI is InChI=1S/C13H20N4O6S/c1-9-13(17(19)20)10(2)16(15-9)8-24(21,22)7-12(18)14-6-11-4-3-5-23-11/h11H,3-8H2,1-2H3,(H,14,18). The van der Waals surface area contributed by atoms with Gasteiger partial charge in [-0.2, -0.15) is 5.10 Å². The van der Waals surface area contributed by atoms with E-state index in [1.165, 1.54) is 13.8 Å². The number of carbonyl (C=O) groups excluding carboxylic acids is 1. The average molecular weight is 360 g/mol. The first-order valence-electron chi connectivity index (χ1n) is 7.46. The fourth-order valence-electron chi connectivity index (χ4n) is 2.59. The Morgan fingerprint density at radius 3 is 2.75 bits per heavy atom. The number of rotatable bonds is 7. The number of amides is 1. The van der Waals surface area contributed by atoms with Gasteiger partial charge in [-0.15, -0.1) is 0 Å². The molecular formula is C13H20N4O6S. The summed E-state index contributed by atoms with van der Waals surface area (Å²) >= 11 is 0. The van der Waals surface area contributed by atoms with E-state index in [-0.39, 0.29) is 29.7 Å². The minimum absolute atomic E-state index is 0.0738. The maximum atomic E-state index is 12.1. The van der Waals surface area contributed by atoms with E-state index in [2.05, 4.69) is 10.4 Å². The Morgan fingerprint density at radius 1 is 1.50 bits per heavy atom. The van der Waals surface area contributed by atoms with Gasteiger partial charge in [0.15, 0.2) is 9.84 Å². The van der Waals surface area contributed by atoms with Crippen molar-refractivity contribution in [3.63, 3.8) is 0 Å². The fraction of sp³-hybridized carbons (Fsp3) is 0.692. The van der Waals surface area contributed by atoms with E-state index in [1.807, 2.05) is 0 Å². The Labute approximate surface area is 139 Å². The number of carbonyl (C=O) groups is 1. The smallest absolute Gasteiger partial charge is 0.312 e. The highest BCUT2D eigenvalue weighted by Gasteiger charge is 2.26. The first kappa shape index (κ1) is 18.3.